The Labute approximate surface area is 219 Å². The first-order valence-corrected chi connectivity index (χ1v) is 12.9. The van der Waals surface area contributed by atoms with Crippen molar-refractivity contribution in [1.29, 1.82) is 5.26 Å². The van der Waals surface area contributed by atoms with Gasteiger partial charge in [-0.15, -0.1) is 0 Å². The number of nitrogens with two attached hydrogens (primary N) is 1. The predicted molar refractivity (Wildman–Crippen MR) is 148 cm³/mol. The molecule has 7 heteroatoms. The third-order valence-corrected chi connectivity index (χ3v) is 6.61. The minimum Gasteiger partial charge on any atom is -0.369 e. The number of benzene rings is 3. The number of carbonyl (C=O) groups is 1. The molecule has 1 aliphatic rings. The van der Waals surface area contributed by atoms with E-state index >= 15 is 0 Å². The first kappa shape index (κ1) is 25.9. The predicted octanol–water partition coefficient (Wildman–Crippen LogP) is 4.30. The molecule has 1 saturated heterocycles. The van der Waals surface area contributed by atoms with Crippen LogP contribution >= 0.6 is 0 Å². The number of hydrogen-bond donors (Lipinski definition) is 2. The highest BCUT2D eigenvalue weighted by molar-refractivity contribution is 5.90. The summed E-state index contributed by atoms with van der Waals surface area (Å²) in [5.41, 5.74) is 10.0. The smallest absolute Gasteiger partial charge is 0.244 e. The van der Waals surface area contributed by atoms with Crippen molar-refractivity contribution in [1.82, 2.24) is 15.1 Å². The first-order chi connectivity index (χ1) is 18.1. The molecule has 7 nitrogen and oxygen atoms in total. The van der Waals surface area contributed by atoms with Gasteiger partial charge in [-0.2, -0.15) is 5.26 Å². The average molecular weight is 495 g/mol. The molecule has 4 rings (SSSR count). The Morgan fingerprint density at radius 3 is 2.24 bits per heavy atom. The van der Waals surface area contributed by atoms with E-state index in [4.69, 9.17) is 5.73 Å². The van der Waals surface area contributed by atoms with Crippen LogP contribution in [-0.4, -0.2) is 53.9 Å². The number of nitrogens with zero attached hydrogens (tertiary/aromatic N) is 4. The standard InChI is InChI=1S/C30H34N6O/c31-23-36(30(32)34-27-16-14-26(15-17-27)25-12-5-2-6-13-25)28(22-24-10-3-1-4-11-24)29(37)33-18-9-21-35-19-7-8-20-35/h1-6,10-17,28H,7-9,18-22H2,(H2,32,34)(H,33,37). The van der Waals surface area contributed by atoms with Crippen LogP contribution < -0.4 is 11.1 Å². The Morgan fingerprint density at radius 1 is 0.973 bits per heavy atom. The average Bonchev–Trinajstić information content (AvgIpc) is 3.46. The van der Waals surface area contributed by atoms with Crippen molar-refractivity contribution in [3.8, 4) is 17.3 Å². The van der Waals surface area contributed by atoms with Crippen molar-refractivity contribution in [2.24, 2.45) is 10.7 Å². The molecule has 190 valence electrons. The summed E-state index contributed by atoms with van der Waals surface area (Å²) in [6.45, 7) is 3.78. The van der Waals surface area contributed by atoms with Gasteiger partial charge >= 0.3 is 0 Å². The van der Waals surface area contributed by atoms with Gasteiger partial charge in [0.15, 0.2) is 6.19 Å². The van der Waals surface area contributed by atoms with Crippen LogP contribution in [0.15, 0.2) is 89.9 Å². The highest BCUT2D eigenvalue weighted by Crippen LogP contribution is 2.22. The van der Waals surface area contributed by atoms with E-state index in [-0.39, 0.29) is 11.9 Å². The summed E-state index contributed by atoms with van der Waals surface area (Å²) in [5, 5.41) is 13.0. The van der Waals surface area contributed by atoms with Crippen molar-refractivity contribution in [2.75, 3.05) is 26.2 Å². The van der Waals surface area contributed by atoms with Crippen LogP contribution in [0.3, 0.4) is 0 Å². The third-order valence-electron chi connectivity index (χ3n) is 6.61. The van der Waals surface area contributed by atoms with Crippen LogP contribution in [0.5, 0.6) is 0 Å². The largest absolute Gasteiger partial charge is 0.369 e. The minimum absolute atomic E-state index is 0.0110. The molecule has 1 aliphatic heterocycles. The number of hydrogen-bond acceptors (Lipinski definition) is 4. The summed E-state index contributed by atoms with van der Waals surface area (Å²) < 4.78 is 0. The van der Waals surface area contributed by atoms with Crippen molar-refractivity contribution < 1.29 is 4.79 Å². The van der Waals surface area contributed by atoms with E-state index in [0.29, 0.717) is 18.7 Å². The van der Waals surface area contributed by atoms with Gasteiger partial charge in [0.2, 0.25) is 11.9 Å². The van der Waals surface area contributed by atoms with E-state index in [0.717, 1.165) is 42.7 Å². The Balaban J connectivity index is 1.47. The van der Waals surface area contributed by atoms with Gasteiger partial charge in [0.25, 0.3) is 0 Å². The molecule has 1 fully saturated rings. The van der Waals surface area contributed by atoms with Crippen molar-refractivity contribution in [3.63, 3.8) is 0 Å². The molecule has 1 unspecified atom stereocenters. The normalized spacial score (nSPS) is 14.6. The molecule has 37 heavy (non-hydrogen) atoms. The van der Waals surface area contributed by atoms with Crippen LogP contribution in [0, 0.1) is 11.5 Å². The third kappa shape index (κ3) is 7.42. The SMILES string of the molecule is N#CN(C(N)=Nc1ccc(-c2ccccc2)cc1)C(Cc1ccccc1)C(=O)NCCCN1CCCC1. The molecule has 3 aromatic rings. The molecule has 0 aromatic heterocycles. The lowest BCUT2D eigenvalue weighted by atomic mass is 10.0. The fourth-order valence-corrected chi connectivity index (χ4v) is 4.60. The molecular weight excluding hydrogens is 460 g/mol. The summed E-state index contributed by atoms with van der Waals surface area (Å²) in [4.78, 5) is 21.4. The second kappa shape index (κ2) is 13.2. The molecule has 1 heterocycles. The van der Waals surface area contributed by atoms with Gasteiger partial charge in [-0.05, 0) is 67.7 Å². The summed E-state index contributed by atoms with van der Waals surface area (Å²) in [6.07, 6.45) is 5.81. The van der Waals surface area contributed by atoms with Crippen molar-refractivity contribution in [2.45, 2.75) is 31.7 Å². The van der Waals surface area contributed by atoms with Gasteiger partial charge in [0.05, 0.1) is 5.69 Å². The first-order valence-electron chi connectivity index (χ1n) is 12.9. The van der Waals surface area contributed by atoms with Gasteiger partial charge in [0, 0.05) is 13.0 Å². The fraction of sp³-hybridized carbons (Fsp3) is 0.300. The van der Waals surface area contributed by atoms with Crippen molar-refractivity contribution in [3.05, 3.63) is 90.5 Å². The monoisotopic (exact) mass is 494 g/mol. The zero-order chi connectivity index (χ0) is 25.9. The maximum atomic E-state index is 13.3. The second-order valence-corrected chi connectivity index (χ2v) is 9.25. The van der Waals surface area contributed by atoms with Gasteiger partial charge in [0.1, 0.15) is 6.04 Å². The molecule has 0 aliphatic carbocycles. The van der Waals surface area contributed by atoms with Gasteiger partial charge in [-0.3, -0.25) is 4.79 Å². The van der Waals surface area contributed by atoms with Crippen molar-refractivity contribution >= 4 is 17.6 Å². The molecule has 3 aromatic carbocycles. The fourth-order valence-electron chi connectivity index (χ4n) is 4.60. The van der Waals surface area contributed by atoms with Gasteiger partial charge in [-0.25, -0.2) is 9.89 Å². The number of amides is 1. The molecule has 3 N–H and O–H groups in total. The highest BCUT2D eigenvalue weighted by atomic mass is 16.2. The number of carbonyl (C=O) groups excluding carboxylic acids is 1. The lowest BCUT2D eigenvalue weighted by Gasteiger charge is -2.25. The maximum absolute atomic E-state index is 13.3. The summed E-state index contributed by atoms with van der Waals surface area (Å²) in [6, 6.07) is 26.6. The molecule has 1 amide bonds. The number of nitrogens with one attached hydrogen (secondary N) is 1. The van der Waals surface area contributed by atoms with E-state index < -0.39 is 6.04 Å². The zero-order valence-electron chi connectivity index (χ0n) is 21.1. The zero-order valence-corrected chi connectivity index (χ0v) is 21.1. The van der Waals surface area contributed by atoms with E-state index in [1.807, 2.05) is 84.9 Å². The number of rotatable bonds is 10. The minimum atomic E-state index is -0.800. The van der Waals surface area contributed by atoms with Crippen LogP contribution in [0.4, 0.5) is 5.69 Å². The Kier molecular flexibility index (Phi) is 9.28. The number of aliphatic imine (C=N–C) groups is 1. The number of likely N-dealkylation sites (tertiary alicyclic amines) is 1. The maximum Gasteiger partial charge on any atom is 0.244 e. The highest BCUT2D eigenvalue weighted by Gasteiger charge is 2.28. The Hall–Kier alpha value is -4.15. The summed E-state index contributed by atoms with van der Waals surface area (Å²) in [5.74, 6) is -0.243. The van der Waals surface area contributed by atoms with Crippen LogP contribution in [0.1, 0.15) is 24.8 Å². The van der Waals surface area contributed by atoms with Gasteiger partial charge in [-0.1, -0.05) is 72.8 Å². The molecule has 0 radical (unpaired) electrons. The lowest BCUT2D eigenvalue weighted by Crippen LogP contribution is -2.51. The summed E-state index contributed by atoms with van der Waals surface area (Å²) >= 11 is 0. The summed E-state index contributed by atoms with van der Waals surface area (Å²) in [7, 11) is 0. The van der Waals surface area contributed by atoms with E-state index in [2.05, 4.69) is 21.4 Å². The molecule has 0 saturated carbocycles. The van der Waals surface area contributed by atoms with E-state index in [9.17, 15) is 10.1 Å². The molecule has 0 bridgehead atoms. The number of nitriles is 1. The van der Waals surface area contributed by atoms with Gasteiger partial charge < -0.3 is 16.0 Å². The van der Waals surface area contributed by atoms with E-state index in [1.165, 1.54) is 17.7 Å². The molecule has 1 atom stereocenters. The Bertz CT molecular complexity index is 1200. The molecular formula is C30H34N6O. The lowest BCUT2D eigenvalue weighted by molar-refractivity contribution is -0.124. The molecule has 0 spiro atoms. The topological polar surface area (TPSA) is 97.7 Å². The van der Waals surface area contributed by atoms with Crippen LogP contribution in [0.25, 0.3) is 11.1 Å². The Morgan fingerprint density at radius 2 is 1.59 bits per heavy atom. The van der Waals surface area contributed by atoms with Crippen LogP contribution in [-0.2, 0) is 11.2 Å². The number of guanidine groups is 1. The van der Waals surface area contributed by atoms with E-state index in [1.54, 1.807) is 0 Å². The van der Waals surface area contributed by atoms with Crippen LogP contribution in [0.2, 0.25) is 0 Å². The quantitative estimate of drug-likeness (QED) is 0.144. The second-order valence-electron chi connectivity index (χ2n) is 9.25.